The lowest BCUT2D eigenvalue weighted by atomic mass is 10.1. The number of aromatic nitrogens is 2. The molecule has 0 aliphatic carbocycles. The van der Waals surface area contributed by atoms with Crippen LogP contribution in [0.5, 0.6) is 0 Å². The summed E-state index contributed by atoms with van der Waals surface area (Å²) in [6, 6.07) is 14.6. The first-order valence-corrected chi connectivity index (χ1v) is 10.9. The van der Waals surface area contributed by atoms with Gasteiger partial charge in [-0.25, -0.2) is 9.97 Å². The van der Waals surface area contributed by atoms with E-state index in [0.717, 1.165) is 36.1 Å². The largest absolute Gasteiger partial charge is 0.383 e. The van der Waals surface area contributed by atoms with E-state index in [1.165, 1.54) is 26.9 Å². The van der Waals surface area contributed by atoms with Crippen LogP contribution >= 0.6 is 11.3 Å². The second-order valence-corrected chi connectivity index (χ2v) is 9.00. The molecule has 6 nitrogen and oxygen atoms in total. The van der Waals surface area contributed by atoms with Crippen molar-refractivity contribution in [2.24, 2.45) is 0 Å². The zero-order chi connectivity index (χ0) is 20.7. The number of carbonyl (C=O) groups is 1. The van der Waals surface area contributed by atoms with Crippen molar-refractivity contribution in [1.29, 1.82) is 0 Å². The summed E-state index contributed by atoms with van der Waals surface area (Å²) in [5, 5.41) is 2.17. The zero-order valence-corrected chi connectivity index (χ0v) is 17.7. The van der Waals surface area contributed by atoms with Crippen molar-refractivity contribution in [3.8, 4) is 0 Å². The van der Waals surface area contributed by atoms with Crippen LogP contribution in [0.4, 0.5) is 5.82 Å². The predicted octanol–water partition coefficient (Wildman–Crippen LogP) is 3.58. The molecular weight excluding hydrogens is 394 g/mol. The van der Waals surface area contributed by atoms with Crippen LogP contribution in [0.15, 0.2) is 48.8 Å². The molecule has 2 aromatic heterocycles. The summed E-state index contributed by atoms with van der Waals surface area (Å²) in [5.41, 5.74) is 9.08. The Morgan fingerprint density at radius 3 is 2.80 bits per heavy atom. The van der Waals surface area contributed by atoms with Gasteiger partial charge in [0.15, 0.2) is 0 Å². The third kappa shape index (κ3) is 3.62. The van der Waals surface area contributed by atoms with E-state index in [-0.39, 0.29) is 5.91 Å². The van der Waals surface area contributed by atoms with Crippen LogP contribution in [0, 0.1) is 6.92 Å². The number of piperazine rings is 1. The van der Waals surface area contributed by atoms with Crippen LogP contribution < -0.4 is 5.73 Å². The van der Waals surface area contributed by atoms with Crippen molar-refractivity contribution < 1.29 is 4.79 Å². The third-order valence-corrected chi connectivity index (χ3v) is 6.80. The van der Waals surface area contributed by atoms with Crippen LogP contribution in [-0.4, -0.2) is 45.3 Å². The molecule has 0 radical (unpaired) electrons. The topological polar surface area (TPSA) is 75.3 Å². The molecule has 1 aliphatic rings. The SMILES string of the molecule is Cc1cccc2sc(CN3CCN(Cc4ccc5c(N)ncnc5c4)C(=O)C3)cc12. The van der Waals surface area contributed by atoms with Gasteiger partial charge in [-0.05, 0) is 47.7 Å². The normalized spacial score (nSPS) is 15.4. The van der Waals surface area contributed by atoms with E-state index in [9.17, 15) is 4.79 Å². The van der Waals surface area contributed by atoms with Gasteiger partial charge in [0.2, 0.25) is 5.91 Å². The second kappa shape index (κ2) is 7.66. The molecule has 7 heteroatoms. The molecule has 0 unspecified atom stereocenters. The van der Waals surface area contributed by atoms with Crippen molar-refractivity contribution in [2.75, 3.05) is 25.4 Å². The highest BCUT2D eigenvalue weighted by Gasteiger charge is 2.24. The summed E-state index contributed by atoms with van der Waals surface area (Å²) >= 11 is 1.82. The lowest BCUT2D eigenvalue weighted by Gasteiger charge is -2.34. The minimum Gasteiger partial charge on any atom is -0.383 e. The number of aryl methyl sites for hydroxylation is 1. The van der Waals surface area contributed by atoms with Crippen LogP contribution in [0.1, 0.15) is 16.0 Å². The van der Waals surface area contributed by atoms with Crippen LogP contribution in [0.25, 0.3) is 21.0 Å². The standard InChI is InChI=1S/C23H23N5OS/c1-15-3-2-4-21-19(15)10-17(30-21)12-27-7-8-28(22(29)13-27)11-16-5-6-18-20(9-16)25-14-26-23(18)24/h2-6,9-10,14H,7-8,11-13H2,1H3,(H2,24,25,26). The van der Waals surface area contributed by atoms with E-state index in [2.05, 4.69) is 46.1 Å². The minimum absolute atomic E-state index is 0.167. The highest BCUT2D eigenvalue weighted by Crippen LogP contribution is 2.29. The lowest BCUT2D eigenvalue weighted by molar-refractivity contribution is -0.136. The average molecular weight is 418 g/mol. The molecule has 30 heavy (non-hydrogen) atoms. The quantitative estimate of drug-likeness (QED) is 0.549. The number of anilines is 1. The fourth-order valence-electron chi connectivity index (χ4n) is 4.06. The summed E-state index contributed by atoms with van der Waals surface area (Å²) in [7, 11) is 0. The first-order valence-electron chi connectivity index (χ1n) is 10.0. The summed E-state index contributed by atoms with van der Waals surface area (Å²) < 4.78 is 1.32. The van der Waals surface area contributed by atoms with Crippen LogP contribution in [0.2, 0.25) is 0 Å². The molecule has 0 bridgehead atoms. The van der Waals surface area contributed by atoms with E-state index < -0.39 is 0 Å². The molecule has 1 saturated heterocycles. The fraction of sp³-hybridized carbons (Fsp3) is 0.261. The van der Waals surface area contributed by atoms with Crippen LogP contribution in [0.3, 0.4) is 0 Å². The van der Waals surface area contributed by atoms with Gasteiger partial charge in [-0.2, -0.15) is 0 Å². The van der Waals surface area contributed by atoms with Gasteiger partial charge >= 0.3 is 0 Å². The molecule has 2 N–H and O–H groups in total. The maximum atomic E-state index is 12.8. The van der Waals surface area contributed by atoms with Gasteiger partial charge in [0.25, 0.3) is 0 Å². The number of hydrogen-bond donors (Lipinski definition) is 1. The highest BCUT2D eigenvalue weighted by atomic mass is 32.1. The van der Waals surface area contributed by atoms with Gasteiger partial charge in [-0.15, -0.1) is 11.3 Å². The third-order valence-electron chi connectivity index (χ3n) is 5.71. The van der Waals surface area contributed by atoms with Gasteiger partial charge in [0, 0.05) is 41.1 Å². The predicted molar refractivity (Wildman–Crippen MR) is 121 cm³/mol. The van der Waals surface area contributed by atoms with Crippen molar-refractivity contribution in [2.45, 2.75) is 20.0 Å². The Bertz CT molecular complexity index is 1250. The molecule has 0 atom stereocenters. The number of nitrogen functional groups attached to an aromatic ring is 1. The van der Waals surface area contributed by atoms with Gasteiger partial charge in [0.1, 0.15) is 12.1 Å². The molecule has 0 saturated carbocycles. The molecule has 4 aromatic rings. The van der Waals surface area contributed by atoms with Crippen molar-refractivity contribution in [3.63, 3.8) is 0 Å². The zero-order valence-electron chi connectivity index (χ0n) is 16.8. The van der Waals surface area contributed by atoms with E-state index in [0.29, 0.717) is 18.9 Å². The van der Waals surface area contributed by atoms with Crippen molar-refractivity contribution in [3.05, 3.63) is 64.8 Å². The average Bonchev–Trinajstić information content (AvgIpc) is 3.14. The van der Waals surface area contributed by atoms with E-state index >= 15 is 0 Å². The summed E-state index contributed by atoms with van der Waals surface area (Å²) in [6.07, 6.45) is 1.47. The molecule has 2 aromatic carbocycles. The maximum absolute atomic E-state index is 12.8. The Morgan fingerprint density at radius 2 is 1.97 bits per heavy atom. The monoisotopic (exact) mass is 417 g/mol. The Hall–Kier alpha value is -3.03. The molecule has 5 rings (SSSR count). The number of amides is 1. The highest BCUT2D eigenvalue weighted by molar-refractivity contribution is 7.19. The fourth-order valence-corrected chi connectivity index (χ4v) is 5.24. The minimum atomic E-state index is 0.167. The van der Waals surface area contributed by atoms with Crippen molar-refractivity contribution in [1.82, 2.24) is 19.8 Å². The number of hydrogen-bond acceptors (Lipinski definition) is 6. The maximum Gasteiger partial charge on any atom is 0.237 e. The Morgan fingerprint density at radius 1 is 1.07 bits per heavy atom. The molecule has 1 fully saturated rings. The number of nitrogens with two attached hydrogens (primary N) is 1. The number of carbonyl (C=O) groups excluding carboxylic acids is 1. The first kappa shape index (κ1) is 19.0. The summed E-state index contributed by atoms with van der Waals surface area (Å²) in [4.78, 5) is 26.6. The summed E-state index contributed by atoms with van der Waals surface area (Å²) in [5.74, 6) is 0.647. The molecular formula is C23H23N5OS. The second-order valence-electron chi connectivity index (χ2n) is 7.84. The number of fused-ring (bicyclic) bond motifs is 2. The summed E-state index contributed by atoms with van der Waals surface area (Å²) in [6.45, 7) is 5.62. The number of rotatable bonds is 4. The van der Waals surface area contributed by atoms with Crippen molar-refractivity contribution >= 4 is 44.1 Å². The van der Waals surface area contributed by atoms with Gasteiger partial charge in [-0.3, -0.25) is 9.69 Å². The van der Waals surface area contributed by atoms with E-state index in [4.69, 9.17) is 5.73 Å². The molecule has 0 spiro atoms. The molecule has 152 valence electrons. The smallest absolute Gasteiger partial charge is 0.237 e. The van der Waals surface area contributed by atoms with Gasteiger partial charge in [-0.1, -0.05) is 18.2 Å². The molecule has 1 aliphatic heterocycles. The van der Waals surface area contributed by atoms with Gasteiger partial charge < -0.3 is 10.6 Å². The van der Waals surface area contributed by atoms with Crippen LogP contribution in [-0.2, 0) is 17.9 Å². The number of nitrogens with zero attached hydrogens (tertiary/aromatic N) is 4. The van der Waals surface area contributed by atoms with Gasteiger partial charge in [0.05, 0.1) is 12.1 Å². The number of benzene rings is 2. The first-order chi connectivity index (χ1) is 14.6. The number of thiophene rings is 1. The Labute approximate surface area is 179 Å². The Balaban J connectivity index is 1.25. The lowest BCUT2D eigenvalue weighted by Crippen LogP contribution is -2.49. The molecule has 3 heterocycles. The van der Waals surface area contributed by atoms with E-state index in [1.807, 2.05) is 34.4 Å². The Kier molecular flexibility index (Phi) is 4.84. The van der Waals surface area contributed by atoms with E-state index in [1.54, 1.807) is 0 Å². The molecule has 1 amide bonds.